The van der Waals surface area contributed by atoms with Crippen molar-refractivity contribution in [2.24, 2.45) is 5.92 Å². The van der Waals surface area contributed by atoms with Crippen molar-refractivity contribution in [3.8, 4) is 0 Å². The molecule has 2 aromatic rings. The van der Waals surface area contributed by atoms with Gasteiger partial charge in [-0.25, -0.2) is 0 Å². The minimum atomic E-state index is 0.275. The summed E-state index contributed by atoms with van der Waals surface area (Å²) in [5, 5.41) is 1.12. The van der Waals surface area contributed by atoms with Crippen LogP contribution in [0.5, 0.6) is 0 Å². The summed E-state index contributed by atoms with van der Waals surface area (Å²) in [5.41, 5.74) is 2.12. The monoisotopic (exact) mass is 281 g/mol. The van der Waals surface area contributed by atoms with Crippen molar-refractivity contribution in [1.82, 2.24) is 4.98 Å². The van der Waals surface area contributed by atoms with Crippen LogP contribution in [0, 0.1) is 5.92 Å². The lowest BCUT2D eigenvalue weighted by atomic mass is 9.85. The van der Waals surface area contributed by atoms with E-state index in [0.29, 0.717) is 12.2 Å². The Labute approximate surface area is 126 Å². The highest BCUT2D eigenvalue weighted by atomic mass is 16.1. The summed E-state index contributed by atoms with van der Waals surface area (Å²) < 4.78 is 0. The average Bonchev–Trinajstić information content (AvgIpc) is 2.47. The van der Waals surface area contributed by atoms with Gasteiger partial charge in [0.15, 0.2) is 0 Å². The van der Waals surface area contributed by atoms with E-state index in [1.165, 1.54) is 32.1 Å². The van der Waals surface area contributed by atoms with E-state index in [0.717, 1.165) is 29.3 Å². The van der Waals surface area contributed by atoms with Crippen LogP contribution in [0.1, 0.15) is 50.5 Å². The first-order valence-corrected chi connectivity index (χ1v) is 8.20. The highest BCUT2D eigenvalue weighted by Crippen LogP contribution is 2.25. The van der Waals surface area contributed by atoms with Crippen LogP contribution in [0.25, 0.3) is 10.9 Å². The maximum atomic E-state index is 12.7. The minimum absolute atomic E-state index is 0.275. The molecule has 0 unspecified atom stereocenters. The summed E-state index contributed by atoms with van der Waals surface area (Å²) in [5.74, 6) is 0.700. The number of hydrogen-bond donors (Lipinski definition) is 0. The van der Waals surface area contributed by atoms with E-state index in [9.17, 15) is 4.79 Å². The normalized spacial score (nSPS) is 17.3. The van der Waals surface area contributed by atoms with Gasteiger partial charge in [0.1, 0.15) is 5.78 Å². The molecule has 1 fully saturated rings. The number of benzene rings is 1. The van der Waals surface area contributed by atoms with E-state index in [4.69, 9.17) is 0 Å². The van der Waals surface area contributed by atoms with Crippen LogP contribution in [-0.2, 0) is 11.2 Å². The average molecular weight is 281 g/mol. The van der Waals surface area contributed by atoms with Crippen molar-refractivity contribution < 1.29 is 4.79 Å². The maximum Gasteiger partial charge on any atom is 0.140 e. The van der Waals surface area contributed by atoms with Crippen LogP contribution in [-0.4, -0.2) is 10.8 Å². The maximum absolute atomic E-state index is 12.7. The molecule has 1 saturated carbocycles. The Morgan fingerprint density at radius 3 is 2.52 bits per heavy atom. The van der Waals surface area contributed by atoms with Crippen molar-refractivity contribution in [1.29, 1.82) is 0 Å². The van der Waals surface area contributed by atoms with Gasteiger partial charge in [-0.15, -0.1) is 0 Å². The number of rotatable bonds is 3. The molecule has 1 aliphatic carbocycles. The molecule has 0 bridgehead atoms. The summed E-state index contributed by atoms with van der Waals surface area (Å²) in [6, 6.07) is 10.1. The van der Waals surface area contributed by atoms with Gasteiger partial charge >= 0.3 is 0 Å². The molecule has 0 radical (unpaired) electrons. The molecular formula is C19H23NO. The zero-order valence-electron chi connectivity index (χ0n) is 12.6. The third-order valence-electron chi connectivity index (χ3n) is 4.66. The molecule has 0 spiro atoms. The van der Waals surface area contributed by atoms with E-state index in [-0.39, 0.29) is 5.92 Å². The fourth-order valence-electron chi connectivity index (χ4n) is 3.42. The number of hydrogen-bond acceptors (Lipinski definition) is 2. The second-order valence-electron chi connectivity index (χ2n) is 6.17. The van der Waals surface area contributed by atoms with E-state index in [1.807, 2.05) is 30.5 Å². The standard InChI is InChI=1S/C19H23NO/c21-19(15-8-4-2-1-3-5-9-15)14-16-12-13-20-18-11-7-6-10-17(16)18/h6-7,10-13,15H,1-5,8-9,14H2. The topological polar surface area (TPSA) is 30.0 Å². The van der Waals surface area contributed by atoms with Crippen LogP contribution >= 0.6 is 0 Å². The molecular weight excluding hydrogens is 258 g/mol. The predicted octanol–water partition coefficient (Wildman–Crippen LogP) is 4.71. The lowest BCUT2D eigenvalue weighted by molar-refractivity contribution is -0.122. The molecule has 1 aromatic carbocycles. The number of carbonyl (C=O) groups is 1. The van der Waals surface area contributed by atoms with Crippen LogP contribution in [0.4, 0.5) is 0 Å². The summed E-state index contributed by atoms with van der Waals surface area (Å²) >= 11 is 0. The third kappa shape index (κ3) is 3.49. The third-order valence-corrected chi connectivity index (χ3v) is 4.66. The summed E-state index contributed by atoms with van der Waals surface area (Å²) in [6.45, 7) is 0. The fourth-order valence-corrected chi connectivity index (χ4v) is 3.42. The quantitative estimate of drug-likeness (QED) is 0.815. The Balaban J connectivity index is 1.76. The Morgan fingerprint density at radius 1 is 1.00 bits per heavy atom. The van der Waals surface area contributed by atoms with Gasteiger partial charge in [0.05, 0.1) is 5.52 Å². The Bertz CT molecular complexity index is 606. The van der Waals surface area contributed by atoms with E-state index < -0.39 is 0 Å². The predicted molar refractivity (Wildman–Crippen MR) is 86.3 cm³/mol. The largest absolute Gasteiger partial charge is 0.299 e. The number of Topliss-reactive ketones (excluding diaryl/α,β-unsaturated/α-hetero) is 1. The van der Waals surface area contributed by atoms with Crippen molar-refractivity contribution in [2.75, 3.05) is 0 Å². The number of ketones is 1. The zero-order chi connectivity index (χ0) is 14.5. The Kier molecular flexibility index (Phi) is 4.64. The smallest absolute Gasteiger partial charge is 0.140 e. The van der Waals surface area contributed by atoms with Gasteiger partial charge in [0.2, 0.25) is 0 Å². The molecule has 2 heteroatoms. The Morgan fingerprint density at radius 2 is 1.71 bits per heavy atom. The van der Waals surface area contributed by atoms with Crippen molar-refractivity contribution in [3.63, 3.8) is 0 Å². The van der Waals surface area contributed by atoms with Crippen molar-refractivity contribution in [3.05, 3.63) is 42.1 Å². The SMILES string of the molecule is O=C(Cc1ccnc2ccccc12)C1CCCCCCC1. The van der Waals surface area contributed by atoms with Crippen LogP contribution in [0.3, 0.4) is 0 Å². The Hall–Kier alpha value is -1.70. The van der Waals surface area contributed by atoms with Crippen LogP contribution in [0.15, 0.2) is 36.5 Å². The number of carbonyl (C=O) groups excluding carboxylic acids is 1. The van der Waals surface area contributed by atoms with Crippen LogP contribution < -0.4 is 0 Å². The minimum Gasteiger partial charge on any atom is -0.299 e. The number of aromatic nitrogens is 1. The molecule has 21 heavy (non-hydrogen) atoms. The van der Waals surface area contributed by atoms with Gasteiger partial charge < -0.3 is 0 Å². The molecule has 3 rings (SSSR count). The molecule has 0 N–H and O–H groups in total. The second kappa shape index (κ2) is 6.84. The van der Waals surface area contributed by atoms with Gasteiger partial charge in [-0.3, -0.25) is 9.78 Å². The number of nitrogens with zero attached hydrogens (tertiary/aromatic N) is 1. The molecule has 0 amide bonds. The second-order valence-corrected chi connectivity index (χ2v) is 6.17. The molecule has 2 nitrogen and oxygen atoms in total. The molecule has 1 aliphatic rings. The summed E-state index contributed by atoms with van der Waals surface area (Å²) in [4.78, 5) is 17.0. The molecule has 0 aliphatic heterocycles. The van der Waals surface area contributed by atoms with E-state index in [2.05, 4.69) is 11.1 Å². The van der Waals surface area contributed by atoms with Crippen molar-refractivity contribution in [2.45, 2.75) is 51.4 Å². The first-order valence-electron chi connectivity index (χ1n) is 8.20. The van der Waals surface area contributed by atoms with Gasteiger partial charge in [-0.2, -0.15) is 0 Å². The fraction of sp³-hybridized carbons (Fsp3) is 0.474. The molecule has 1 heterocycles. The first kappa shape index (κ1) is 14.2. The highest BCUT2D eigenvalue weighted by molar-refractivity contribution is 5.89. The van der Waals surface area contributed by atoms with Gasteiger partial charge in [0, 0.05) is 23.9 Å². The summed E-state index contributed by atoms with van der Waals surface area (Å²) in [6.07, 6.45) is 10.9. The molecule has 0 atom stereocenters. The number of fused-ring (bicyclic) bond motifs is 1. The number of para-hydroxylation sites is 1. The van der Waals surface area contributed by atoms with Crippen molar-refractivity contribution >= 4 is 16.7 Å². The molecule has 110 valence electrons. The molecule has 0 saturated heterocycles. The summed E-state index contributed by atoms with van der Waals surface area (Å²) in [7, 11) is 0. The van der Waals surface area contributed by atoms with Crippen LogP contribution in [0.2, 0.25) is 0 Å². The van der Waals surface area contributed by atoms with Gasteiger partial charge in [0.25, 0.3) is 0 Å². The lowest BCUT2D eigenvalue weighted by Gasteiger charge is -2.18. The van der Waals surface area contributed by atoms with Gasteiger partial charge in [-0.1, -0.05) is 50.3 Å². The van der Waals surface area contributed by atoms with E-state index >= 15 is 0 Å². The molecule has 1 aromatic heterocycles. The number of pyridine rings is 1. The van der Waals surface area contributed by atoms with E-state index in [1.54, 1.807) is 0 Å². The lowest BCUT2D eigenvalue weighted by Crippen LogP contribution is -2.18. The van der Waals surface area contributed by atoms with Gasteiger partial charge in [-0.05, 0) is 30.5 Å². The zero-order valence-corrected chi connectivity index (χ0v) is 12.6. The highest BCUT2D eigenvalue weighted by Gasteiger charge is 2.20. The first-order chi connectivity index (χ1) is 10.3.